The molecule has 0 aromatic heterocycles. The number of benzene rings is 2. The van der Waals surface area contributed by atoms with Crippen LogP contribution in [-0.2, 0) is 19.7 Å². The normalized spacial score (nSPS) is 26.6. The first kappa shape index (κ1) is 23.6. The van der Waals surface area contributed by atoms with E-state index in [0.717, 1.165) is 17.8 Å². The zero-order valence-electron chi connectivity index (χ0n) is 20.2. The van der Waals surface area contributed by atoms with Gasteiger partial charge in [0.1, 0.15) is 12.4 Å². The summed E-state index contributed by atoms with van der Waals surface area (Å²) in [6.45, 7) is 0.507. The highest BCUT2D eigenvalue weighted by molar-refractivity contribution is 6.00. The van der Waals surface area contributed by atoms with Gasteiger partial charge in [0.15, 0.2) is 0 Å². The Morgan fingerprint density at radius 2 is 1.66 bits per heavy atom. The first-order valence-electron chi connectivity index (χ1n) is 12.5. The van der Waals surface area contributed by atoms with Crippen molar-refractivity contribution in [2.45, 2.75) is 43.9 Å². The minimum atomic E-state index is -0.464. The zero-order valence-corrected chi connectivity index (χ0v) is 20.2. The van der Waals surface area contributed by atoms with Crippen molar-refractivity contribution in [2.24, 2.45) is 17.8 Å². The van der Waals surface area contributed by atoms with Crippen molar-refractivity contribution in [1.82, 2.24) is 0 Å². The number of esters is 1. The maximum Gasteiger partial charge on any atom is 0.338 e. The molecule has 4 aliphatic rings. The quantitative estimate of drug-likeness (QED) is 0.225. The lowest BCUT2D eigenvalue weighted by Gasteiger charge is -2.57. The van der Waals surface area contributed by atoms with Crippen molar-refractivity contribution in [3.05, 3.63) is 72.0 Å². The van der Waals surface area contributed by atoms with Gasteiger partial charge in [-0.3, -0.25) is 4.79 Å². The molecule has 0 aliphatic heterocycles. The van der Waals surface area contributed by atoms with Gasteiger partial charge in [0.05, 0.1) is 18.4 Å². The Hall–Kier alpha value is -3.12. The van der Waals surface area contributed by atoms with Gasteiger partial charge in [-0.05, 0) is 97.6 Å². The second-order valence-corrected chi connectivity index (χ2v) is 10.3. The molecular formula is C29H33NO5. The van der Waals surface area contributed by atoms with Gasteiger partial charge in [-0.25, -0.2) is 4.79 Å². The molecule has 0 unspecified atom stereocenters. The number of amides is 1. The Bertz CT molecular complexity index is 1060. The third-order valence-electron chi connectivity index (χ3n) is 7.81. The van der Waals surface area contributed by atoms with Crippen LogP contribution in [0.4, 0.5) is 5.69 Å². The average molecular weight is 476 g/mol. The first-order valence-corrected chi connectivity index (χ1v) is 12.5. The molecule has 6 heteroatoms. The Kier molecular flexibility index (Phi) is 6.91. The lowest BCUT2D eigenvalue weighted by Crippen LogP contribution is -2.48. The molecule has 4 fully saturated rings. The Morgan fingerprint density at radius 3 is 2.31 bits per heavy atom. The molecule has 6 rings (SSSR count). The zero-order chi connectivity index (χ0) is 24.3. The lowest BCUT2D eigenvalue weighted by molar-refractivity contribution is -0.112. The molecule has 0 saturated heterocycles. The molecule has 4 saturated carbocycles. The van der Waals surface area contributed by atoms with Gasteiger partial charge in [0.2, 0.25) is 0 Å². The van der Waals surface area contributed by atoms with Crippen molar-refractivity contribution in [1.29, 1.82) is 0 Å². The van der Waals surface area contributed by atoms with Crippen molar-refractivity contribution < 1.29 is 23.8 Å². The number of hydrogen-bond acceptors (Lipinski definition) is 5. The van der Waals surface area contributed by atoms with Gasteiger partial charge in [0, 0.05) is 18.9 Å². The van der Waals surface area contributed by atoms with Crippen LogP contribution in [0.2, 0.25) is 0 Å². The number of methoxy groups -OCH3 is 1. The van der Waals surface area contributed by atoms with E-state index >= 15 is 0 Å². The van der Waals surface area contributed by atoms with Crippen LogP contribution in [0, 0.1) is 17.8 Å². The van der Waals surface area contributed by atoms with Crippen LogP contribution in [0.5, 0.6) is 5.75 Å². The molecule has 2 aromatic rings. The fourth-order valence-corrected chi connectivity index (χ4v) is 6.73. The monoisotopic (exact) mass is 475 g/mol. The largest absolute Gasteiger partial charge is 0.465 e. The number of hydrogen-bond donors (Lipinski definition) is 1. The first-order chi connectivity index (χ1) is 17.0. The second kappa shape index (κ2) is 10.2. The van der Waals surface area contributed by atoms with E-state index in [2.05, 4.69) is 17.4 Å². The van der Waals surface area contributed by atoms with E-state index in [9.17, 15) is 9.59 Å². The molecule has 6 nitrogen and oxygen atoms in total. The number of ether oxygens (including phenoxy) is 3. The minimum Gasteiger partial charge on any atom is -0.465 e. The summed E-state index contributed by atoms with van der Waals surface area (Å²) in [6.07, 6.45) is 11.1. The molecule has 35 heavy (non-hydrogen) atoms. The summed E-state index contributed by atoms with van der Waals surface area (Å²) in [5.74, 6) is 2.65. The molecule has 0 radical (unpaired) electrons. The number of carbonyl (C=O) groups excluding carboxylic acids is 2. The number of nitrogens with one attached hydrogen (secondary N) is 1. The van der Waals surface area contributed by atoms with E-state index in [1.54, 1.807) is 31.4 Å². The maximum atomic E-state index is 12.3. The van der Waals surface area contributed by atoms with Gasteiger partial charge in [-0.2, -0.15) is 0 Å². The number of carbonyl (C=O) groups is 2. The smallest absolute Gasteiger partial charge is 0.338 e. The van der Waals surface area contributed by atoms with Gasteiger partial charge in [0.25, 0.3) is 5.91 Å². The fraction of sp³-hybridized carbons (Fsp3) is 0.448. The highest BCUT2D eigenvalue weighted by Gasteiger charge is 2.51. The second-order valence-electron chi connectivity index (χ2n) is 10.3. The number of rotatable bonds is 9. The molecular weight excluding hydrogens is 442 g/mol. The third kappa shape index (κ3) is 5.43. The van der Waals surface area contributed by atoms with Gasteiger partial charge in [-0.15, -0.1) is 0 Å². The van der Waals surface area contributed by atoms with Crippen molar-refractivity contribution in [3.8, 4) is 5.75 Å². The van der Waals surface area contributed by atoms with Crippen molar-refractivity contribution in [2.75, 3.05) is 25.6 Å². The SMILES string of the molecule is COCCOC(=O)c1cccc(NC(=O)C=COc2ccc(C34CC5CC(CC(C5)C3)C4)cc2)c1. The highest BCUT2D eigenvalue weighted by atomic mass is 16.6. The topological polar surface area (TPSA) is 73.9 Å². The van der Waals surface area contributed by atoms with Crippen molar-refractivity contribution in [3.63, 3.8) is 0 Å². The molecule has 0 spiro atoms. The summed E-state index contributed by atoms with van der Waals surface area (Å²) in [4.78, 5) is 24.4. The van der Waals surface area contributed by atoms with Crippen LogP contribution >= 0.6 is 0 Å². The molecule has 0 heterocycles. The predicted molar refractivity (Wildman–Crippen MR) is 133 cm³/mol. The van der Waals surface area contributed by atoms with Crippen LogP contribution in [0.3, 0.4) is 0 Å². The lowest BCUT2D eigenvalue weighted by atomic mass is 9.48. The van der Waals surface area contributed by atoms with E-state index in [-0.39, 0.29) is 12.5 Å². The van der Waals surface area contributed by atoms with Gasteiger partial charge < -0.3 is 19.5 Å². The summed E-state index contributed by atoms with van der Waals surface area (Å²) in [5.41, 5.74) is 2.68. The summed E-state index contributed by atoms with van der Waals surface area (Å²) < 4.78 is 15.7. The molecule has 4 bridgehead atoms. The predicted octanol–water partition coefficient (Wildman–Crippen LogP) is 5.49. The van der Waals surface area contributed by atoms with Crippen LogP contribution in [0.1, 0.15) is 54.4 Å². The highest BCUT2D eigenvalue weighted by Crippen LogP contribution is 2.60. The standard InChI is InChI=1S/C29H33NO5/c1-33-11-12-35-28(32)23-3-2-4-25(16-23)30-27(31)9-10-34-26-7-5-24(6-8-26)29-17-20-13-21(18-29)15-22(14-20)19-29/h2-10,16,20-22H,11-15,17-19H2,1H3,(H,30,31). The average Bonchev–Trinajstić information content (AvgIpc) is 2.84. The van der Waals surface area contributed by atoms with E-state index in [4.69, 9.17) is 14.2 Å². The maximum absolute atomic E-state index is 12.3. The van der Waals surface area contributed by atoms with Gasteiger partial charge >= 0.3 is 5.97 Å². The van der Waals surface area contributed by atoms with Crippen molar-refractivity contribution >= 4 is 17.6 Å². The van der Waals surface area contributed by atoms with Crippen LogP contribution < -0.4 is 10.1 Å². The van der Waals surface area contributed by atoms with Crippen LogP contribution in [0.15, 0.2) is 60.9 Å². The van der Waals surface area contributed by atoms with E-state index < -0.39 is 5.97 Å². The summed E-state index contributed by atoms with van der Waals surface area (Å²) in [5, 5.41) is 2.74. The Balaban J connectivity index is 1.14. The number of anilines is 1. The minimum absolute atomic E-state index is 0.176. The molecule has 1 amide bonds. The van der Waals surface area contributed by atoms with E-state index in [0.29, 0.717) is 29.0 Å². The Morgan fingerprint density at radius 1 is 0.971 bits per heavy atom. The summed E-state index contributed by atoms with van der Waals surface area (Å²) in [7, 11) is 1.54. The fourth-order valence-electron chi connectivity index (χ4n) is 6.73. The molecule has 4 aliphatic carbocycles. The summed E-state index contributed by atoms with van der Waals surface area (Å²) in [6, 6.07) is 15.1. The van der Waals surface area contributed by atoms with E-state index in [1.165, 1.54) is 56.4 Å². The molecule has 2 aromatic carbocycles. The Labute approximate surface area is 206 Å². The van der Waals surface area contributed by atoms with Crippen LogP contribution in [0.25, 0.3) is 0 Å². The van der Waals surface area contributed by atoms with Crippen LogP contribution in [-0.4, -0.2) is 32.2 Å². The van der Waals surface area contributed by atoms with Gasteiger partial charge in [-0.1, -0.05) is 18.2 Å². The molecule has 184 valence electrons. The summed E-state index contributed by atoms with van der Waals surface area (Å²) >= 11 is 0. The molecule has 0 atom stereocenters. The third-order valence-corrected chi connectivity index (χ3v) is 7.81. The van der Waals surface area contributed by atoms with E-state index in [1.807, 2.05) is 12.1 Å². The molecule has 1 N–H and O–H groups in total.